The highest BCUT2D eigenvalue weighted by atomic mass is 15.2. The van der Waals surface area contributed by atoms with Gasteiger partial charge in [0.05, 0.1) is 12.0 Å². The maximum atomic E-state index is 9.47. The summed E-state index contributed by atoms with van der Waals surface area (Å²) in [6.07, 6.45) is 10.2. The highest BCUT2D eigenvalue weighted by Crippen LogP contribution is 2.40. The van der Waals surface area contributed by atoms with Crippen molar-refractivity contribution in [3.8, 4) is 6.07 Å². The second-order valence-electron chi connectivity index (χ2n) is 7.95. The van der Waals surface area contributed by atoms with Gasteiger partial charge >= 0.3 is 0 Å². The van der Waals surface area contributed by atoms with E-state index in [1.807, 2.05) is 0 Å². The van der Waals surface area contributed by atoms with Crippen LogP contribution in [-0.2, 0) is 0 Å². The van der Waals surface area contributed by atoms with Gasteiger partial charge in [-0.15, -0.1) is 0 Å². The predicted octanol–water partition coefficient (Wildman–Crippen LogP) is 4.61. The largest absolute Gasteiger partial charge is 0.299 e. The maximum absolute atomic E-state index is 9.47. The topological polar surface area (TPSA) is 27.0 Å². The van der Waals surface area contributed by atoms with Crippen molar-refractivity contribution >= 4 is 0 Å². The molecule has 3 atom stereocenters. The van der Waals surface area contributed by atoms with Gasteiger partial charge in [-0.2, -0.15) is 5.26 Å². The molecule has 0 N–H and O–H groups in total. The Morgan fingerprint density at radius 2 is 1.80 bits per heavy atom. The SMILES string of the molecule is CCC1CCC(C#N)C(N(C)C2CCC(C)(C)CC2)C1. The third-order valence-corrected chi connectivity index (χ3v) is 6.08. The number of hydrogen-bond donors (Lipinski definition) is 0. The van der Waals surface area contributed by atoms with Gasteiger partial charge in [-0.1, -0.05) is 27.2 Å². The van der Waals surface area contributed by atoms with Gasteiger partial charge < -0.3 is 0 Å². The lowest BCUT2D eigenvalue weighted by Gasteiger charge is -2.45. The van der Waals surface area contributed by atoms with Crippen LogP contribution in [0.5, 0.6) is 0 Å². The molecule has 3 unspecified atom stereocenters. The van der Waals surface area contributed by atoms with Gasteiger partial charge in [0, 0.05) is 12.1 Å². The van der Waals surface area contributed by atoms with Crippen molar-refractivity contribution in [3.05, 3.63) is 0 Å². The van der Waals surface area contributed by atoms with Crippen LogP contribution in [0.4, 0.5) is 0 Å². The average molecular weight is 276 g/mol. The van der Waals surface area contributed by atoms with Crippen molar-refractivity contribution in [2.45, 2.75) is 84.2 Å². The van der Waals surface area contributed by atoms with Crippen LogP contribution in [0.3, 0.4) is 0 Å². The minimum absolute atomic E-state index is 0.262. The third-order valence-electron chi connectivity index (χ3n) is 6.08. The van der Waals surface area contributed by atoms with Gasteiger partial charge in [-0.25, -0.2) is 0 Å². The molecule has 20 heavy (non-hydrogen) atoms. The van der Waals surface area contributed by atoms with Crippen molar-refractivity contribution in [1.82, 2.24) is 4.90 Å². The first-order valence-electron chi connectivity index (χ1n) is 8.58. The molecule has 0 spiro atoms. The Bertz CT molecular complexity index is 345. The van der Waals surface area contributed by atoms with Crippen LogP contribution in [0, 0.1) is 28.6 Å². The monoisotopic (exact) mass is 276 g/mol. The fourth-order valence-corrected chi connectivity index (χ4v) is 4.26. The summed E-state index contributed by atoms with van der Waals surface area (Å²) in [7, 11) is 2.29. The molecule has 0 aromatic heterocycles. The first kappa shape index (κ1) is 15.8. The fraction of sp³-hybridized carbons (Fsp3) is 0.944. The van der Waals surface area contributed by atoms with Gasteiger partial charge in [0.1, 0.15) is 0 Å². The minimum Gasteiger partial charge on any atom is -0.299 e. The Hall–Kier alpha value is -0.550. The molecular formula is C18H32N2. The van der Waals surface area contributed by atoms with Crippen LogP contribution in [0.25, 0.3) is 0 Å². The van der Waals surface area contributed by atoms with Crippen LogP contribution in [0.1, 0.15) is 72.1 Å². The molecule has 2 nitrogen and oxygen atoms in total. The predicted molar refractivity (Wildman–Crippen MR) is 84.3 cm³/mol. The maximum Gasteiger partial charge on any atom is 0.0672 e. The molecule has 0 amide bonds. The Kier molecular flexibility index (Phi) is 5.13. The van der Waals surface area contributed by atoms with E-state index in [2.05, 4.69) is 38.8 Å². The van der Waals surface area contributed by atoms with Gasteiger partial charge in [0.15, 0.2) is 0 Å². The van der Waals surface area contributed by atoms with Crippen molar-refractivity contribution < 1.29 is 0 Å². The first-order valence-corrected chi connectivity index (χ1v) is 8.58. The summed E-state index contributed by atoms with van der Waals surface area (Å²) in [4.78, 5) is 2.59. The number of rotatable bonds is 3. The highest BCUT2D eigenvalue weighted by molar-refractivity contribution is 4.99. The number of nitrogens with zero attached hydrogens (tertiary/aromatic N) is 2. The quantitative estimate of drug-likeness (QED) is 0.753. The van der Waals surface area contributed by atoms with Crippen LogP contribution in [0.2, 0.25) is 0 Å². The van der Waals surface area contributed by atoms with Gasteiger partial charge in [-0.3, -0.25) is 4.90 Å². The molecule has 2 fully saturated rings. The van der Waals surface area contributed by atoms with E-state index in [0.717, 1.165) is 12.3 Å². The zero-order valence-electron chi connectivity index (χ0n) is 13.9. The summed E-state index contributed by atoms with van der Waals surface area (Å²) in [5, 5.41) is 9.47. The summed E-state index contributed by atoms with van der Waals surface area (Å²) >= 11 is 0. The van der Waals surface area contributed by atoms with Crippen molar-refractivity contribution in [2.75, 3.05) is 7.05 Å². The van der Waals surface area contributed by atoms with Crippen molar-refractivity contribution in [2.24, 2.45) is 17.3 Å². The van der Waals surface area contributed by atoms with E-state index in [-0.39, 0.29) is 5.92 Å². The Balaban J connectivity index is 1.99. The van der Waals surface area contributed by atoms with Crippen molar-refractivity contribution in [3.63, 3.8) is 0 Å². The highest BCUT2D eigenvalue weighted by Gasteiger charge is 2.37. The van der Waals surface area contributed by atoms with Crippen LogP contribution in [-0.4, -0.2) is 24.0 Å². The Morgan fingerprint density at radius 1 is 1.15 bits per heavy atom. The second-order valence-corrected chi connectivity index (χ2v) is 7.95. The van der Waals surface area contributed by atoms with Crippen molar-refractivity contribution in [1.29, 1.82) is 5.26 Å². The fourth-order valence-electron chi connectivity index (χ4n) is 4.26. The van der Waals surface area contributed by atoms with Crippen LogP contribution < -0.4 is 0 Å². The van der Waals surface area contributed by atoms with Crippen LogP contribution >= 0.6 is 0 Å². The molecule has 0 aromatic carbocycles. The summed E-state index contributed by atoms with van der Waals surface area (Å²) in [6, 6.07) is 3.81. The van der Waals surface area contributed by atoms with Gasteiger partial charge in [0.25, 0.3) is 0 Å². The average Bonchev–Trinajstić information content (AvgIpc) is 2.45. The smallest absolute Gasteiger partial charge is 0.0672 e. The molecule has 114 valence electrons. The summed E-state index contributed by atoms with van der Waals surface area (Å²) in [5.41, 5.74) is 0.532. The molecule has 0 heterocycles. The second kappa shape index (κ2) is 6.48. The van der Waals surface area contributed by atoms with E-state index >= 15 is 0 Å². The summed E-state index contributed by atoms with van der Waals surface area (Å²) < 4.78 is 0. The number of hydrogen-bond acceptors (Lipinski definition) is 2. The molecule has 0 aromatic rings. The van der Waals surface area contributed by atoms with E-state index in [0.29, 0.717) is 17.5 Å². The Labute approximate surface area is 125 Å². The van der Waals surface area contributed by atoms with Gasteiger partial charge in [0.2, 0.25) is 0 Å². The molecule has 2 heteroatoms. The summed E-state index contributed by atoms with van der Waals surface area (Å²) in [5.74, 6) is 1.10. The first-order chi connectivity index (χ1) is 9.46. The lowest BCUT2D eigenvalue weighted by molar-refractivity contribution is 0.0487. The van der Waals surface area contributed by atoms with E-state index in [1.165, 1.54) is 44.9 Å². The van der Waals surface area contributed by atoms with Gasteiger partial charge in [-0.05, 0) is 63.3 Å². The summed E-state index contributed by atoms with van der Waals surface area (Å²) in [6.45, 7) is 7.10. The zero-order chi connectivity index (χ0) is 14.8. The lowest BCUT2D eigenvalue weighted by Crippen LogP contribution is -2.48. The minimum atomic E-state index is 0.262. The molecular weight excluding hydrogens is 244 g/mol. The molecule has 2 saturated carbocycles. The lowest BCUT2D eigenvalue weighted by atomic mass is 9.73. The molecule has 0 aliphatic heterocycles. The number of nitriles is 1. The molecule has 0 radical (unpaired) electrons. The standard InChI is InChI=1S/C18H32N2/c1-5-14-6-7-15(13-19)17(12-14)20(4)16-8-10-18(2,3)11-9-16/h14-17H,5-12H2,1-4H3. The molecule has 0 saturated heterocycles. The normalized spacial score (nSPS) is 34.9. The molecule has 2 aliphatic carbocycles. The van der Waals surface area contributed by atoms with E-state index < -0.39 is 0 Å². The molecule has 0 bridgehead atoms. The third kappa shape index (κ3) is 3.55. The van der Waals surface area contributed by atoms with E-state index in [9.17, 15) is 5.26 Å². The zero-order valence-corrected chi connectivity index (χ0v) is 13.9. The van der Waals surface area contributed by atoms with Crippen LogP contribution in [0.15, 0.2) is 0 Å². The molecule has 2 rings (SSSR count). The van der Waals surface area contributed by atoms with E-state index in [4.69, 9.17) is 0 Å². The Morgan fingerprint density at radius 3 is 2.35 bits per heavy atom. The molecule has 2 aliphatic rings. The van der Waals surface area contributed by atoms with E-state index in [1.54, 1.807) is 0 Å².